The van der Waals surface area contributed by atoms with Gasteiger partial charge in [0.2, 0.25) is 0 Å². The summed E-state index contributed by atoms with van der Waals surface area (Å²) in [5, 5.41) is 3.25. The quantitative estimate of drug-likeness (QED) is 0.767. The number of methoxy groups -OCH3 is 1. The van der Waals surface area contributed by atoms with Gasteiger partial charge in [0.15, 0.2) is 0 Å². The van der Waals surface area contributed by atoms with Gasteiger partial charge in [0.25, 0.3) is 0 Å². The standard InChI is InChI=1S/C13H22N2O2/c1-10(2)8-12(13(16)17-4)14-9-11-6-5-7-15(11)3/h5-7,10,12,14H,8-9H2,1-4H3. The number of esters is 1. The lowest BCUT2D eigenvalue weighted by atomic mass is 10.0. The molecule has 0 aliphatic heterocycles. The van der Waals surface area contributed by atoms with Gasteiger partial charge in [-0.3, -0.25) is 10.1 Å². The Morgan fingerprint density at radius 3 is 2.71 bits per heavy atom. The highest BCUT2D eigenvalue weighted by Gasteiger charge is 2.19. The van der Waals surface area contributed by atoms with Crippen molar-refractivity contribution in [3.63, 3.8) is 0 Å². The molecule has 0 amide bonds. The summed E-state index contributed by atoms with van der Waals surface area (Å²) >= 11 is 0. The largest absolute Gasteiger partial charge is 0.468 e. The molecule has 0 aliphatic rings. The van der Waals surface area contributed by atoms with Gasteiger partial charge < -0.3 is 9.30 Å². The Morgan fingerprint density at radius 2 is 2.24 bits per heavy atom. The van der Waals surface area contributed by atoms with Gasteiger partial charge >= 0.3 is 5.97 Å². The van der Waals surface area contributed by atoms with Gasteiger partial charge in [-0.25, -0.2) is 0 Å². The predicted octanol–water partition coefficient (Wildman–Crippen LogP) is 1.70. The number of aromatic nitrogens is 1. The molecule has 1 aromatic heterocycles. The molecule has 17 heavy (non-hydrogen) atoms. The third kappa shape index (κ3) is 4.23. The van der Waals surface area contributed by atoms with E-state index in [4.69, 9.17) is 4.74 Å². The summed E-state index contributed by atoms with van der Waals surface area (Å²) in [6.07, 6.45) is 2.78. The van der Waals surface area contributed by atoms with Gasteiger partial charge in [-0.15, -0.1) is 0 Å². The first-order chi connectivity index (χ1) is 8.04. The molecule has 1 N–H and O–H groups in total. The Hall–Kier alpha value is -1.29. The van der Waals surface area contributed by atoms with E-state index in [1.807, 2.05) is 29.9 Å². The van der Waals surface area contributed by atoms with Crippen molar-refractivity contribution in [2.24, 2.45) is 13.0 Å². The molecule has 1 rings (SSSR count). The number of rotatable bonds is 6. The van der Waals surface area contributed by atoms with E-state index < -0.39 is 0 Å². The monoisotopic (exact) mass is 238 g/mol. The molecule has 0 radical (unpaired) electrons. The normalized spacial score (nSPS) is 12.8. The molecule has 0 fully saturated rings. The van der Waals surface area contributed by atoms with Crippen LogP contribution < -0.4 is 5.32 Å². The zero-order valence-corrected chi connectivity index (χ0v) is 11.1. The van der Waals surface area contributed by atoms with Crippen LogP contribution in [-0.2, 0) is 23.1 Å². The fourth-order valence-corrected chi connectivity index (χ4v) is 1.78. The molecule has 96 valence electrons. The summed E-state index contributed by atoms with van der Waals surface area (Å²) in [5.74, 6) is 0.271. The van der Waals surface area contributed by atoms with Crippen LogP contribution in [0, 0.1) is 5.92 Å². The second-order valence-electron chi connectivity index (χ2n) is 4.70. The summed E-state index contributed by atoms with van der Waals surface area (Å²) in [5.41, 5.74) is 1.16. The average molecular weight is 238 g/mol. The summed E-state index contributed by atoms with van der Waals surface area (Å²) < 4.78 is 6.84. The average Bonchev–Trinajstić information content (AvgIpc) is 2.68. The van der Waals surface area contributed by atoms with Crippen molar-refractivity contribution in [1.82, 2.24) is 9.88 Å². The van der Waals surface area contributed by atoms with E-state index in [0.717, 1.165) is 12.1 Å². The van der Waals surface area contributed by atoms with Crippen molar-refractivity contribution >= 4 is 5.97 Å². The summed E-state index contributed by atoms with van der Waals surface area (Å²) in [4.78, 5) is 11.6. The number of carbonyl (C=O) groups excluding carboxylic acids is 1. The third-order valence-electron chi connectivity index (χ3n) is 2.77. The maximum absolute atomic E-state index is 11.6. The highest BCUT2D eigenvalue weighted by Crippen LogP contribution is 2.08. The van der Waals surface area contributed by atoms with Crippen molar-refractivity contribution in [3.05, 3.63) is 24.0 Å². The molecular weight excluding hydrogens is 216 g/mol. The number of carbonyl (C=O) groups is 1. The molecule has 1 unspecified atom stereocenters. The molecule has 1 heterocycles. The summed E-state index contributed by atoms with van der Waals surface area (Å²) in [7, 11) is 3.42. The van der Waals surface area contributed by atoms with Crippen molar-refractivity contribution in [2.75, 3.05) is 7.11 Å². The first-order valence-electron chi connectivity index (χ1n) is 5.96. The van der Waals surface area contributed by atoms with Gasteiger partial charge in [0.1, 0.15) is 6.04 Å². The number of ether oxygens (including phenoxy) is 1. The number of nitrogens with one attached hydrogen (secondary N) is 1. The van der Waals surface area contributed by atoms with Crippen LogP contribution in [0.25, 0.3) is 0 Å². The van der Waals surface area contributed by atoms with E-state index in [0.29, 0.717) is 12.5 Å². The Bertz CT molecular complexity index is 358. The predicted molar refractivity (Wildman–Crippen MR) is 67.5 cm³/mol. The van der Waals surface area contributed by atoms with E-state index >= 15 is 0 Å². The second kappa shape index (κ2) is 6.45. The zero-order valence-electron chi connectivity index (χ0n) is 11.1. The van der Waals surface area contributed by atoms with Crippen LogP contribution in [-0.4, -0.2) is 23.7 Å². The fourth-order valence-electron chi connectivity index (χ4n) is 1.78. The Balaban J connectivity index is 2.55. The number of hydrogen-bond acceptors (Lipinski definition) is 3. The molecule has 0 aliphatic carbocycles. The molecule has 4 heteroatoms. The van der Waals surface area contributed by atoms with E-state index in [1.165, 1.54) is 7.11 Å². The zero-order chi connectivity index (χ0) is 12.8. The van der Waals surface area contributed by atoms with Gasteiger partial charge in [0, 0.05) is 25.5 Å². The van der Waals surface area contributed by atoms with Crippen LogP contribution >= 0.6 is 0 Å². The lowest BCUT2D eigenvalue weighted by molar-refractivity contribution is -0.143. The van der Waals surface area contributed by atoms with Crippen molar-refractivity contribution < 1.29 is 9.53 Å². The number of nitrogens with zero attached hydrogens (tertiary/aromatic N) is 1. The second-order valence-corrected chi connectivity index (χ2v) is 4.70. The topological polar surface area (TPSA) is 43.3 Å². The van der Waals surface area contributed by atoms with Crippen LogP contribution in [0.15, 0.2) is 18.3 Å². The summed E-state index contributed by atoms with van der Waals surface area (Å²) in [6, 6.07) is 3.80. The van der Waals surface area contributed by atoms with Crippen molar-refractivity contribution in [2.45, 2.75) is 32.9 Å². The first kappa shape index (κ1) is 13.8. The number of hydrogen-bond donors (Lipinski definition) is 1. The van der Waals surface area contributed by atoms with Crippen LogP contribution in [0.2, 0.25) is 0 Å². The molecule has 0 aromatic carbocycles. The Kier molecular flexibility index (Phi) is 5.22. The SMILES string of the molecule is COC(=O)C(CC(C)C)NCc1cccn1C. The summed E-state index contributed by atoms with van der Waals surface area (Å²) in [6.45, 7) is 4.87. The molecular formula is C13H22N2O2. The van der Waals surface area contributed by atoms with E-state index in [1.54, 1.807) is 0 Å². The smallest absolute Gasteiger partial charge is 0.322 e. The fraction of sp³-hybridized carbons (Fsp3) is 0.615. The van der Waals surface area contributed by atoms with Crippen LogP contribution in [0.1, 0.15) is 26.0 Å². The molecule has 0 bridgehead atoms. The van der Waals surface area contributed by atoms with Crippen LogP contribution in [0.4, 0.5) is 0 Å². The molecule has 0 saturated carbocycles. The van der Waals surface area contributed by atoms with Crippen molar-refractivity contribution in [3.8, 4) is 0 Å². The molecule has 0 saturated heterocycles. The minimum absolute atomic E-state index is 0.187. The van der Waals surface area contributed by atoms with E-state index in [9.17, 15) is 4.79 Å². The minimum Gasteiger partial charge on any atom is -0.468 e. The molecule has 1 aromatic rings. The van der Waals surface area contributed by atoms with E-state index in [-0.39, 0.29) is 12.0 Å². The van der Waals surface area contributed by atoms with Crippen LogP contribution in [0.3, 0.4) is 0 Å². The lowest BCUT2D eigenvalue weighted by Gasteiger charge is -2.18. The van der Waals surface area contributed by atoms with Gasteiger partial charge in [-0.1, -0.05) is 13.8 Å². The lowest BCUT2D eigenvalue weighted by Crippen LogP contribution is -2.38. The Morgan fingerprint density at radius 1 is 1.53 bits per heavy atom. The molecule has 1 atom stereocenters. The van der Waals surface area contributed by atoms with Gasteiger partial charge in [-0.05, 0) is 24.5 Å². The number of aryl methyl sites for hydroxylation is 1. The highest BCUT2D eigenvalue weighted by molar-refractivity contribution is 5.75. The van der Waals surface area contributed by atoms with Gasteiger partial charge in [0.05, 0.1) is 7.11 Å². The van der Waals surface area contributed by atoms with Gasteiger partial charge in [-0.2, -0.15) is 0 Å². The molecule has 0 spiro atoms. The first-order valence-corrected chi connectivity index (χ1v) is 5.96. The van der Waals surface area contributed by atoms with Crippen LogP contribution in [0.5, 0.6) is 0 Å². The highest BCUT2D eigenvalue weighted by atomic mass is 16.5. The minimum atomic E-state index is -0.227. The maximum Gasteiger partial charge on any atom is 0.322 e. The van der Waals surface area contributed by atoms with Crippen molar-refractivity contribution in [1.29, 1.82) is 0 Å². The van der Waals surface area contributed by atoms with E-state index in [2.05, 4.69) is 19.2 Å². The Labute approximate surface area is 103 Å². The molecule has 4 nitrogen and oxygen atoms in total. The third-order valence-corrected chi connectivity index (χ3v) is 2.77. The maximum atomic E-state index is 11.6.